The summed E-state index contributed by atoms with van der Waals surface area (Å²) < 4.78 is 3.53. The molecule has 3 nitrogen and oxygen atoms in total. The molecule has 6 aromatic rings. The number of hydrogen-bond acceptors (Lipinski definition) is 4. The maximum atomic E-state index is 4.96. The van der Waals surface area contributed by atoms with Crippen molar-refractivity contribution in [3.8, 4) is 34.2 Å². The zero-order chi connectivity index (χ0) is 22.4. The van der Waals surface area contributed by atoms with Crippen molar-refractivity contribution in [3.63, 3.8) is 0 Å². The highest BCUT2D eigenvalue weighted by molar-refractivity contribution is 9.10. The molecule has 33 heavy (non-hydrogen) atoms. The largest absolute Gasteiger partial charge is 0.208 e. The first-order valence-corrected chi connectivity index (χ1v) is 12.3. The molecular formula is C28H18BrN3S. The Hall–Kier alpha value is -3.41. The van der Waals surface area contributed by atoms with E-state index in [1.54, 1.807) is 11.3 Å². The second kappa shape index (κ2) is 8.18. The number of hydrogen-bond donors (Lipinski definition) is 0. The number of aryl methyl sites for hydroxylation is 1. The summed E-state index contributed by atoms with van der Waals surface area (Å²) >= 11 is 5.43. The Morgan fingerprint density at radius 2 is 1.33 bits per heavy atom. The van der Waals surface area contributed by atoms with Gasteiger partial charge in [0.2, 0.25) is 0 Å². The van der Waals surface area contributed by atoms with Crippen LogP contribution in [0.25, 0.3) is 54.3 Å². The van der Waals surface area contributed by atoms with Crippen LogP contribution in [0, 0.1) is 6.92 Å². The van der Waals surface area contributed by atoms with Crippen LogP contribution in [0.3, 0.4) is 0 Å². The quantitative estimate of drug-likeness (QED) is 0.241. The minimum atomic E-state index is 0.675. The first kappa shape index (κ1) is 20.2. The lowest BCUT2D eigenvalue weighted by Crippen LogP contribution is -2.00. The van der Waals surface area contributed by atoms with Crippen LogP contribution in [0.2, 0.25) is 0 Å². The van der Waals surface area contributed by atoms with Crippen LogP contribution in [0.5, 0.6) is 0 Å². The maximum Gasteiger partial charge on any atom is 0.164 e. The van der Waals surface area contributed by atoms with Gasteiger partial charge in [0.1, 0.15) is 0 Å². The summed E-state index contributed by atoms with van der Waals surface area (Å²) in [7, 11) is 0. The summed E-state index contributed by atoms with van der Waals surface area (Å²) in [6.45, 7) is 2.08. The van der Waals surface area contributed by atoms with Crippen molar-refractivity contribution in [2.24, 2.45) is 0 Å². The van der Waals surface area contributed by atoms with E-state index in [0.717, 1.165) is 21.2 Å². The normalized spacial score (nSPS) is 11.3. The molecule has 5 heteroatoms. The molecule has 4 aromatic carbocycles. The minimum Gasteiger partial charge on any atom is -0.208 e. The van der Waals surface area contributed by atoms with Crippen LogP contribution >= 0.6 is 27.3 Å². The van der Waals surface area contributed by atoms with Gasteiger partial charge in [0.15, 0.2) is 17.5 Å². The van der Waals surface area contributed by atoms with Gasteiger partial charge < -0.3 is 0 Å². The van der Waals surface area contributed by atoms with Gasteiger partial charge in [-0.25, -0.2) is 15.0 Å². The molecule has 0 radical (unpaired) electrons. The van der Waals surface area contributed by atoms with E-state index < -0.39 is 0 Å². The van der Waals surface area contributed by atoms with Crippen LogP contribution in [-0.2, 0) is 0 Å². The number of rotatable bonds is 3. The number of halogens is 1. The van der Waals surface area contributed by atoms with Crippen molar-refractivity contribution in [2.75, 3.05) is 0 Å². The van der Waals surface area contributed by atoms with E-state index in [1.807, 2.05) is 30.3 Å². The topological polar surface area (TPSA) is 38.7 Å². The molecule has 0 fully saturated rings. The predicted octanol–water partition coefficient (Wildman–Crippen LogP) is 8.31. The number of nitrogens with zero attached hydrogens (tertiary/aromatic N) is 3. The molecule has 0 unspecified atom stereocenters. The number of thiophene rings is 1. The second-order valence-corrected chi connectivity index (χ2v) is 9.96. The fourth-order valence-corrected chi connectivity index (χ4v) is 5.50. The lowest BCUT2D eigenvalue weighted by Gasteiger charge is -2.09. The van der Waals surface area contributed by atoms with E-state index in [2.05, 4.69) is 83.5 Å². The second-order valence-electron chi connectivity index (χ2n) is 7.96. The van der Waals surface area contributed by atoms with Gasteiger partial charge in [-0.1, -0.05) is 88.2 Å². The molecule has 2 heterocycles. The fourth-order valence-electron chi connectivity index (χ4n) is 4.03. The summed E-state index contributed by atoms with van der Waals surface area (Å²) in [6.07, 6.45) is 0. The molecule has 0 aliphatic heterocycles. The Morgan fingerprint density at radius 3 is 2.09 bits per heavy atom. The summed E-state index contributed by atoms with van der Waals surface area (Å²) in [5.41, 5.74) is 4.17. The van der Waals surface area contributed by atoms with Gasteiger partial charge in [0.25, 0.3) is 0 Å². The Labute approximate surface area is 203 Å². The maximum absolute atomic E-state index is 4.96. The molecule has 6 rings (SSSR count). The van der Waals surface area contributed by atoms with Gasteiger partial charge in [0, 0.05) is 41.3 Å². The van der Waals surface area contributed by atoms with E-state index in [9.17, 15) is 0 Å². The Kier molecular flexibility index (Phi) is 5.01. The molecular weight excluding hydrogens is 490 g/mol. The summed E-state index contributed by atoms with van der Waals surface area (Å²) in [6, 6.07) is 31.2. The van der Waals surface area contributed by atoms with Gasteiger partial charge in [-0.2, -0.15) is 0 Å². The standard InChI is InChI=1S/C28H18BrN3S/c1-17-10-12-19(13-11-17)27-30-26(18-6-3-2-4-7-18)31-28(32-27)21-8-5-9-24-25(21)22-16-20(29)14-15-23(22)33-24/h2-16H,1H3. The monoisotopic (exact) mass is 507 g/mol. The molecule has 0 spiro atoms. The van der Waals surface area contributed by atoms with Crippen molar-refractivity contribution in [3.05, 3.63) is 101 Å². The highest BCUT2D eigenvalue weighted by Gasteiger charge is 2.16. The van der Waals surface area contributed by atoms with Crippen LogP contribution in [0.15, 0.2) is 95.5 Å². The molecule has 0 amide bonds. The molecule has 0 N–H and O–H groups in total. The minimum absolute atomic E-state index is 0.675. The number of benzene rings is 4. The smallest absolute Gasteiger partial charge is 0.164 e. The average Bonchev–Trinajstić information content (AvgIpc) is 3.23. The fraction of sp³-hybridized carbons (Fsp3) is 0.0357. The first-order chi connectivity index (χ1) is 16.2. The number of fused-ring (bicyclic) bond motifs is 3. The van der Waals surface area contributed by atoms with Crippen molar-refractivity contribution in [1.29, 1.82) is 0 Å². The third-order valence-electron chi connectivity index (χ3n) is 5.68. The SMILES string of the molecule is Cc1ccc(-c2nc(-c3ccccc3)nc(-c3cccc4sc5ccc(Br)cc5c34)n2)cc1. The Morgan fingerprint density at radius 1 is 0.636 bits per heavy atom. The van der Waals surface area contributed by atoms with Gasteiger partial charge in [-0.15, -0.1) is 11.3 Å². The third kappa shape index (κ3) is 3.73. The van der Waals surface area contributed by atoms with E-state index >= 15 is 0 Å². The lowest BCUT2D eigenvalue weighted by atomic mass is 10.1. The molecule has 0 bridgehead atoms. The zero-order valence-corrected chi connectivity index (χ0v) is 20.2. The van der Waals surface area contributed by atoms with Crippen LogP contribution < -0.4 is 0 Å². The predicted molar refractivity (Wildman–Crippen MR) is 141 cm³/mol. The Balaban J connectivity index is 1.65. The van der Waals surface area contributed by atoms with Gasteiger partial charge in [0.05, 0.1) is 0 Å². The van der Waals surface area contributed by atoms with Crippen molar-refractivity contribution in [1.82, 2.24) is 15.0 Å². The van der Waals surface area contributed by atoms with Crippen molar-refractivity contribution in [2.45, 2.75) is 6.92 Å². The van der Waals surface area contributed by atoms with E-state index in [1.165, 1.54) is 25.7 Å². The van der Waals surface area contributed by atoms with Crippen LogP contribution in [-0.4, -0.2) is 15.0 Å². The van der Waals surface area contributed by atoms with Crippen LogP contribution in [0.4, 0.5) is 0 Å². The Bertz CT molecular complexity index is 1620. The van der Waals surface area contributed by atoms with Gasteiger partial charge in [-0.05, 0) is 31.2 Å². The molecule has 158 valence electrons. The third-order valence-corrected chi connectivity index (χ3v) is 7.30. The van der Waals surface area contributed by atoms with Crippen LogP contribution in [0.1, 0.15) is 5.56 Å². The molecule has 0 atom stereocenters. The summed E-state index contributed by atoms with van der Waals surface area (Å²) in [5.74, 6) is 2.04. The average molecular weight is 508 g/mol. The lowest BCUT2D eigenvalue weighted by molar-refractivity contribution is 1.08. The molecule has 2 aromatic heterocycles. The van der Waals surface area contributed by atoms with E-state index in [0.29, 0.717) is 17.5 Å². The number of aromatic nitrogens is 3. The molecule has 0 saturated heterocycles. The highest BCUT2D eigenvalue weighted by Crippen LogP contribution is 2.40. The van der Waals surface area contributed by atoms with Gasteiger partial charge >= 0.3 is 0 Å². The zero-order valence-electron chi connectivity index (χ0n) is 17.8. The van der Waals surface area contributed by atoms with Gasteiger partial charge in [-0.3, -0.25) is 0 Å². The van der Waals surface area contributed by atoms with E-state index in [-0.39, 0.29) is 0 Å². The van der Waals surface area contributed by atoms with Crippen molar-refractivity contribution >= 4 is 47.4 Å². The summed E-state index contributed by atoms with van der Waals surface area (Å²) in [4.78, 5) is 14.8. The molecule has 0 saturated carbocycles. The molecule has 0 aliphatic carbocycles. The van der Waals surface area contributed by atoms with E-state index in [4.69, 9.17) is 15.0 Å². The first-order valence-electron chi connectivity index (χ1n) is 10.7. The molecule has 0 aliphatic rings. The highest BCUT2D eigenvalue weighted by atomic mass is 79.9. The van der Waals surface area contributed by atoms with Crippen molar-refractivity contribution < 1.29 is 0 Å². The summed E-state index contributed by atoms with van der Waals surface area (Å²) in [5, 5.41) is 2.39.